The summed E-state index contributed by atoms with van der Waals surface area (Å²) in [5, 5.41) is 11.0. The number of benzene rings is 10. The summed E-state index contributed by atoms with van der Waals surface area (Å²) in [5.41, 5.74) is 13.2. The average Bonchev–Trinajstić information content (AvgIpc) is 3.85. The van der Waals surface area contributed by atoms with E-state index in [1.54, 1.807) is 0 Å². The number of aromatic nitrogens is 4. The number of fused-ring (bicyclic) bond motifs is 10. The molecule has 0 aliphatic heterocycles. The Morgan fingerprint density at radius 1 is 0.290 bits per heavy atom. The van der Waals surface area contributed by atoms with E-state index in [9.17, 15) is 0 Å². The number of nitrogens with zero attached hydrogens (tertiary/aromatic N) is 4. The zero-order chi connectivity index (χ0) is 40.7. The molecule has 0 fully saturated rings. The van der Waals surface area contributed by atoms with Crippen molar-refractivity contribution in [2.75, 3.05) is 0 Å². The molecule has 0 saturated heterocycles. The molecular formula is C58H36N4. The van der Waals surface area contributed by atoms with Gasteiger partial charge in [-0.15, -0.1) is 0 Å². The van der Waals surface area contributed by atoms with Crippen molar-refractivity contribution in [1.82, 2.24) is 19.1 Å². The van der Waals surface area contributed by atoms with Crippen LogP contribution in [0.25, 0.3) is 121 Å². The van der Waals surface area contributed by atoms with Crippen molar-refractivity contribution in [1.29, 1.82) is 0 Å². The molecule has 13 aromatic rings. The lowest BCUT2D eigenvalue weighted by molar-refractivity contribution is 1.16. The monoisotopic (exact) mass is 788 g/mol. The maximum Gasteiger partial charge on any atom is 0.160 e. The molecule has 3 heterocycles. The van der Waals surface area contributed by atoms with Gasteiger partial charge in [0.1, 0.15) is 0 Å². The summed E-state index contributed by atoms with van der Waals surface area (Å²) in [4.78, 5) is 10.4. The van der Waals surface area contributed by atoms with E-state index in [0.29, 0.717) is 5.82 Å². The molecule has 0 saturated carbocycles. The minimum absolute atomic E-state index is 0.701. The molecule has 0 atom stereocenters. The molecule has 4 nitrogen and oxygen atoms in total. The first-order valence-corrected chi connectivity index (χ1v) is 21.2. The van der Waals surface area contributed by atoms with Crippen molar-refractivity contribution in [3.05, 3.63) is 218 Å². The van der Waals surface area contributed by atoms with Crippen molar-refractivity contribution < 1.29 is 0 Å². The van der Waals surface area contributed by atoms with Crippen LogP contribution in [-0.4, -0.2) is 19.1 Å². The van der Waals surface area contributed by atoms with E-state index in [1.165, 1.54) is 70.8 Å². The Kier molecular flexibility index (Phi) is 7.57. The first-order chi connectivity index (χ1) is 30.7. The van der Waals surface area contributed by atoms with E-state index in [0.717, 1.165) is 44.6 Å². The molecule has 62 heavy (non-hydrogen) atoms. The van der Waals surface area contributed by atoms with Crippen LogP contribution in [0.3, 0.4) is 0 Å². The molecular weight excluding hydrogens is 753 g/mol. The van der Waals surface area contributed by atoms with Gasteiger partial charge >= 0.3 is 0 Å². The summed E-state index contributed by atoms with van der Waals surface area (Å²) in [6.45, 7) is 0. The molecule has 4 heteroatoms. The van der Waals surface area contributed by atoms with Crippen LogP contribution in [0.15, 0.2) is 218 Å². The number of rotatable bonds is 5. The van der Waals surface area contributed by atoms with Crippen molar-refractivity contribution in [2.24, 2.45) is 0 Å². The molecule has 3 aromatic heterocycles. The Morgan fingerprint density at radius 2 is 0.887 bits per heavy atom. The predicted octanol–water partition coefficient (Wildman–Crippen LogP) is 15.1. The normalized spacial score (nSPS) is 11.9. The zero-order valence-electron chi connectivity index (χ0n) is 33.6. The Labute approximate surface area is 357 Å². The third kappa shape index (κ3) is 5.33. The molecule has 13 rings (SSSR count). The van der Waals surface area contributed by atoms with Gasteiger partial charge < -0.3 is 9.13 Å². The van der Waals surface area contributed by atoms with E-state index < -0.39 is 0 Å². The molecule has 0 spiro atoms. The zero-order valence-corrected chi connectivity index (χ0v) is 33.6. The van der Waals surface area contributed by atoms with Crippen molar-refractivity contribution in [2.45, 2.75) is 0 Å². The predicted molar refractivity (Wildman–Crippen MR) is 260 cm³/mol. The minimum Gasteiger partial charge on any atom is -0.309 e. The lowest BCUT2D eigenvalue weighted by atomic mass is 9.98. The van der Waals surface area contributed by atoms with Gasteiger partial charge in [-0.1, -0.05) is 146 Å². The summed E-state index contributed by atoms with van der Waals surface area (Å²) < 4.78 is 4.83. The van der Waals surface area contributed by atoms with Gasteiger partial charge in [-0.3, -0.25) is 0 Å². The van der Waals surface area contributed by atoms with Gasteiger partial charge in [0, 0.05) is 49.4 Å². The maximum atomic E-state index is 5.27. The number of hydrogen-bond acceptors (Lipinski definition) is 2. The first kappa shape index (κ1) is 34.5. The van der Waals surface area contributed by atoms with E-state index in [4.69, 9.17) is 9.97 Å². The fourth-order valence-electron chi connectivity index (χ4n) is 9.76. The summed E-state index contributed by atoms with van der Waals surface area (Å²) in [5.74, 6) is 0.701. The van der Waals surface area contributed by atoms with Gasteiger partial charge in [-0.05, 0) is 105 Å². The largest absolute Gasteiger partial charge is 0.309 e. The maximum absolute atomic E-state index is 5.27. The van der Waals surface area contributed by atoms with Crippen LogP contribution >= 0.6 is 0 Å². The number of hydrogen-bond donors (Lipinski definition) is 0. The smallest absolute Gasteiger partial charge is 0.160 e. The topological polar surface area (TPSA) is 35.6 Å². The fourth-order valence-corrected chi connectivity index (χ4v) is 9.76. The van der Waals surface area contributed by atoms with Crippen LogP contribution in [0.2, 0.25) is 0 Å². The molecule has 0 amide bonds. The third-order valence-electron chi connectivity index (χ3n) is 12.7. The summed E-state index contributed by atoms with van der Waals surface area (Å²) in [7, 11) is 0. The second-order valence-corrected chi connectivity index (χ2v) is 16.2. The Bertz CT molecular complexity index is 3900. The molecule has 0 aliphatic rings. The van der Waals surface area contributed by atoms with E-state index in [1.807, 2.05) is 6.07 Å². The van der Waals surface area contributed by atoms with E-state index >= 15 is 0 Å². The lowest BCUT2D eigenvalue weighted by Crippen LogP contribution is -1.97. The molecule has 0 aliphatic carbocycles. The summed E-state index contributed by atoms with van der Waals surface area (Å²) in [6, 6.07) is 78.6. The van der Waals surface area contributed by atoms with Gasteiger partial charge in [-0.25, -0.2) is 9.97 Å². The van der Waals surface area contributed by atoms with E-state index in [2.05, 4.69) is 221 Å². The first-order valence-electron chi connectivity index (χ1n) is 21.2. The van der Waals surface area contributed by atoms with Crippen LogP contribution in [0, 0.1) is 0 Å². The van der Waals surface area contributed by atoms with Gasteiger partial charge in [0.2, 0.25) is 0 Å². The van der Waals surface area contributed by atoms with Crippen molar-refractivity contribution in [3.8, 4) is 45.1 Å². The Morgan fingerprint density at radius 3 is 1.73 bits per heavy atom. The van der Waals surface area contributed by atoms with Crippen LogP contribution in [0.1, 0.15) is 0 Å². The van der Waals surface area contributed by atoms with Crippen LogP contribution in [0.5, 0.6) is 0 Å². The second-order valence-electron chi connectivity index (χ2n) is 16.2. The highest BCUT2D eigenvalue weighted by molar-refractivity contribution is 6.25. The fraction of sp³-hybridized carbons (Fsp3) is 0. The van der Waals surface area contributed by atoms with E-state index in [-0.39, 0.29) is 0 Å². The molecule has 0 bridgehead atoms. The quantitative estimate of drug-likeness (QED) is 0.174. The average molecular weight is 789 g/mol. The van der Waals surface area contributed by atoms with Gasteiger partial charge in [0.05, 0.1) is 33.3 Å². The van der Waals surface area contributed by atoms with Crippen LogP contribution in [-0.2, 0) is 0 Å². The van der Waals surface area contributed by atoms with Gasteiger partial charge in [0.15, 0.2) is 5.82 Å². The Balaban J connectivity index is 0.947. The molecule has 288 valence electrons. The third-order valence-corrected chi connectivity index (χ3v) is 12.7. The van der Waals surface area contributed by atoms with Crippen molar-refractivity contribution >= 4 is 76.1 Å². The molecule has 0 unspecified atom stereocenters. The lowest BCUT2D eigenvalue weighted by Gasteiger charge is -2.12. The highest BCUT2D eigenvalue weighted by Gasteiger charge is 2.20. The Hall–Kier alpha value is -8.34. The standard InChI is InChI=1S/C58H36N4/c1-2-15-44(16-3-1)62-53-33-30-39-13-6-7-17-46(39)56(53)50-35-49-47-18-9-11-21-52(47)61(54(49)36-55(50)62)45-31-28-41(29-32-45)58-59-51-20-10-8-19-48(51)57(60-58)40-25-22-38(23-26-40)43-27-24-37-12-4-5-14-42(37)34-43/h1-36H. The summed E-state index contributed by atoms with van der Waals surface area (Å²) >= 11 is 0. The molecule has 10 aromatic carbocycles. The number of para-hydroxylation sites is 3. The van der Waals surface area contributed by atoms with Gasteiger partial charge in [-0.2, -0.15) is 0 Å². The highest BCUT2D eigenvalue weighted by Crippen LogP contribution is 2.42. The van der Waals surface area contributed by atoms with Crippen LogP contribution < -0.4 is 0 Å². The second kappa shape index (κ2) is 13.6. The molecule has 0 radical (unpaired) electrons. The van der Waals surface area contributed by atoms with Crippen molar-refractivity contribution in [3.63, 3.8) is 0 Å². The molecule has 0 N–H and O–H groups in total. The van der Waals surface area contributed by atoms with Crippen LogP contribution in [0.4, 0.5) is 0 Å². The minimum atomic E-state index is 0.701. The van der Waals surface area contributed by atoms with Gasteiger partial charge in [0.25, 0.3) is 0 Å². The summed E-state index contributed by atoms with van der Waals surface area (Å²) in [6.07, 6.45) is 0. The highest BCUT2D eigenvalue weighted by atomic mass is 15.0. The SMILES string of the molecule is c1ccc(-n2c3cc4c(cc3c3c5ccccc5ccc32)c2ccccc2n4-c2ccc(-c3nc(-c4ccc(-c5ccc6ccccc6c5)cc4)c4ccccc4n3)cc2)cc1.